The van der Waals surface area contributed by atoms with Crippen LogP contribution in [0.5, 0.6) is 5.75 Å². The molecular formula is C17H16BrNO2. The van der Waals surface area contributed by atoms with Crippen LogP contribution < -0.4 is 10.1 Å². The number of anilines is 1. The van der Waals surface area contributed by atoms with Gasteiger partial charge in [0, 0.05) is 22.1 Å². The number of nitrogens with one attached hydrogen (secondary N) is 1. The van der Waals surface area contributed by atoms with E-state index in [0.29, 0.717) is 12.2 Å². The van der Waals surface area contributed by atoms with E-state index in [1.165, 1.54) is 0 Å². The number of carbonyl (C=O) groups is 1. The summed E-state index contributed by atoms with van der Waals surface area (Å²) in [6.45, 7) is 2.78. The zero-order valence-electron chi connectivity index (χ0n) is 11.8. The lowest BCUT2D eigenvalue weighted by Crippen LogP contribution is -2.13. The molecule has 0 radical (unpaired) electrons. The molecule has 0 bridgehead atoms. The fourth-order valence-corrected chi connectivity index (χ4v) is 2.91. The van der Waals surface area contributed by atoms with Crippen molar-refractivity contribution in [3.63, 3.8) is 0 Å². The quantitative estimate of drug-likeness (QED) is 0.905. The third-order valence-corrected chi connectivity index (χ3v) is 4.14. The Bertz CT molecular complexity index is 697. The lowest BCUT2D eigenvalue weighted by Gasteiger charge is -2.11. The molecule has 0 saturated carbocycles. The SMILES string of the molecule is CCc1cc(Br)ccc1NC(=O)c1ccc2c(c1)CCO2. The van der Waals surface area contributed by atoms with Crippen molar-refractivity contribution < 1.29 is 9.53 Å². The second-order valence-electron chi connectivity index (χ2n) is 5.03. The van der Waals surface area contributed by atoms with Gasteiger partial charge in [0.2, 0.25) is 0 Å². The summed E-state index contributed by atoms with van der Waals surface area (Å²) in [6, 6.07) is 11.5. The lowest BCUT2D eigenvalue weighted by molar-refractivity contribution is 0.102. The van der Waals surface area contributed by atoms with Crippen LogP contribution in [-0.2, 0) is 12.8 Å². The first-order valence-electron chi connectivity index (χ1n) is 7.03. The maximum atomic E-state index is 12.4. The largest absolute Gasteiger partial charge is 0.493 e. The van der Waals surface area contributed by atoms with E-state index in [2.05, 4.69) is 28.2 Å². The molecule has 108 valence electrons. The van der Waals surface area contributed by atoms with Crippen molar-refractivity contribution in [1.29, 1.82) is 0 Å². The number of fused-ring (bicyclic) bond motifs is 1. The molecule has 21 heavy (non-hydrogen) atoms. The molecule has 1 N–H and O–H groups in total. The van der Waals surface area contributed by atoms with Crippen molar-refractivity contribution in [1.82, 2.24) is 0 Å². The summed E-state index contributed by atoms with van der Waals surface area (Å²) in [4.78, 5) is 12.4. The standard InChI is InChI=1S/C17H16BrNO2/c1-2-11-10-14(18)4-5-15(11)19-17(20)13-3-6-16-12(9-13)7-8-21-16/h3-6,9-10H,2,7-8H2,1H3,(H,19,20). The van der Waals surface area contributed by atoms with Crippen LogP contribution in [0, 0.1) is 0 Å². The first-order chi connectivity index (χ1) is 10.2. The van der Waals surface area contributed by atoms with Gasteiger partial charge in [-0.25, -0.2) is 0 Å². The van der Waals surface area contributed by atoms with Gasteiger partial charge in [0.05, 0.1) is 6.61 Å². The van der Waals surface area contributed by atoms with E-state index in [1.54, 1.807) is 0 Å². The number of benzene rings is 2. The highest BCUT2D eigenvalue weighted by Crippen LogP contribution is 2.27. The molecule has 2 aromatic carbocycles. The number of ether oxygens (including phenoxy) is 1. The summed E-state index contributed by atoms with van der Waals surface area (Å²) in [5.41, 5.74) is 3.75. The molecule has 0 unspecified atom stereocenters. The van der Waals surface area contributed by atoms with Gasteiger partial charge >= 0.3 is 0 Å². The lowest BCUT2D eigenvalue weighted by atomic mass is 10.1. The molecule has 0 spiro atoms. The number of hydrogen-bond donors (Lipinski definition) is 1. The Labute approximate surface area is 132 Å². The minimum atomic E-state index is -0.0817. The van der Waals surface area contributed by atoms with Crippen LogP contribution in [0.25, 0.3) is 0 Å². The highest BCUT2D eigenvalue weighted by Gasteiger charge is 2.15. The number of aryl methyl sites for hydroxylation is 1. The second-order valence-corrected chi connectivity index (χ2v) is 5.95. The molecule has 0 aromatic heterocycles. The molecule has 1 aliphatic rings. The van der Waals surface area contributed by atoms with Crippen LogP contribution >= 0.6 is 15.9 Å². The molecular weight excluding hydrogens is 330 g/mol. The minimum Gasteiger partial charge on any atom is -0.493 e. The van der Waals surface area contributed by atoms with Crippen LogP contribution in [0.15, 0.2) is 40.9 Å². The van der Waals surface area contributed by atoms with Gasteiger partial charge in [-0.15, -0.1) is 0 Å². The molecule has 0 aliphatic carbocycles. The van der Waals surface area contributed by atoms with Crippen LogP contribution in [0.3, 0.4) is 0 Å². The van der Waals surface area contributed by atoms with E-state index in [1.807, 2.05) is 36.4 Å². The summed E-state index contributed by atoms with van der Waals surface area (Å²) in [6.07, 6.45) is 1.74. The first kappa shape index (κ1) is 14.1. The maximum absolute atomic E-state index is 12.4. The van der Waals surface area contributed by atoms with Gasteiger partial charge in [-0.3, -0.25) is 4.79 Å². The molecule has 2 aromatic rings. The molecule has 4 heteroatoms. The fourth-order valence-electron chi connectivity index (χ4n) is 2.50. The molecule has 3 nitrogen and oxygen atoms in total. The Kier molecular flexibility index (Phi) is 3.97. The number of halogens is 1. The van der Waals surface area contributed by atoms with Gasteiger partial charge in [0.1, 0.15) is 5.75 Å². The molecule has 0 atom stereocenters. The molecule has 0 saturated heterocycles. The van der Waals surface area contributed by atoms with E-state index in [-0.39, 0.29) is 5.91 Å². The van der Waals surface area contributed by atoms with Crippen LogP contribution in [-0.4, -0.2) is 12.5 Å². The van der Waals surface area contributed by atoms with Crippen molar-refractivity contribution in [2.45, 2.75) is 19.8 Å². The van der Waals surface area contributed by atoms with Gasteiger partial charge < -0.3 is 10.1 Å². The van der Waals surface area contributed by atoms with E-state index in [9.17, 15) is 4.79 Å². The van der Waals surface area contributed by atoms with Crippen molar-refractivity contribution in [3.05, 3.63) is 57.6 Å². The monoisotopic (exact) mass is 345 g/mol. The Balaban J connectivity index is 1.83. The van der Waals surface area contributed by atoms with Gasteiger partial charge in [-0.05, 0) is 53.9 Å². The third-order valence-electron chi connectivity index (χ3n) is 3.65. The zero-order chi connectivity index (χ0) is 14.8. The van der Waals surface area contributed by atoms with E-state index >= 15 is 0 Å². The van der Waals surface area contributed by atoms with Crippen LogP contribution in [0.2, 0.25) is 0 Å². The number of carbonyl (C=O) groups excluding carboxylic acids is 1. The van der Waals surface area contributed by atoms with Crippen LogP contribution in [0.1, 0.15) is 28.4 Å². The number of hydrogen-bond acceptors (Lipinski definition) is 2. The summed E-state index contributed by atoms with van der Waals surface area (Å²) in [5.74, 6) is 0.811. The van der Waals surface area contributed by atoms with Gasteiger partial charge in [-0.1, -0.05) is 22.9 Å². The fraction of sp³-hybridized carbons (Fsp3) is 0.235. The topological polar surface area (TPSA) is 38.3 Å². The zero-order valence-corrected chi connectivity index (χ0v) is 13.4. The predicted octanol–water partition coefficient (Wildman–Crippen LogP) is 4.20. The molecule has 1 heterocycles. The molecule has 3 rings (SSSR count). The summed E-state index contributed by atoms with van der Waals surface area (Å²) in [7, 11) is 0. The van der Waals surface area contributed by atoms with Gasteiger partial charge in [0.15, 0.2) is 0 Å². The van der Waals surface area contributed by atoms with Crippen molar-refractivity contribution in [2.75, 3.05) is 11.9 Å². The normalized spacial score (nSPS) is 12.7. The molecule has 1 amide bonds. The maximum Gasteiger partial charge on any atom is 0.255 e. The number of rotatable bonds is 3. The van der Waals surface area contributed by atoms with E-state index in [4.69, 9.17) is 4.74 Å². The van der Waals surface area contributed by atoms with E-state index < -0.39 is 0 Å². The third kappa shape index (κ3) is 2.95. The van der Waals surface area contributed by atoms with Crippen molar-refractivity contribution in [2.24, 2.45) is 0 Å². The second kappa shape index (κ2) is 5.90. The smallest absolute Gasteiger partial charge is 0.255 e. The average Bonchev–Trinajstić information content (AvgIpc) is 2.96. The predicted molar refractivity (Wildman–Crippen MR) is 87.1 cm³/mol. The Morgan fingerprint density at radius 2 is 2.14 bits per heavy atom. The van der Waals surface area contributed by atoms with Crippen LogP contribution in [0.4, 0.5) is 5.69 Å². The summed E-state index contributed by atoms with van der Waals surface area (Å²) >= 11 is 3.46. The molecule has 1 aliphatic heterocycles. The summed E-state index contributed by atoms with van der Waals surface area (Å²) in [5, 5.41) is 3.00. The van der Waals surface area contributed by atoms with E-state index in [0.717, 1.165) is 39.9 Å². The van der Waals surface area contributed by atoms with Crippen molar-refractivity contribution >= 4 is 27.5 Å². The van der Waals surface area contributed by atoms with Crippen molar-refractivity contribution in [3.8, 4) is 5.75 Å². The highest BCUT2D eigenvalue weighted by molar-refractivity contribution is 9.10. The minimum absolute atomic E-state index is 0.0817. The Hall–Kier alpha value is -1.81. The Morgan fingerprint density at radius 1 is 1.29 bits per heavy atom. The highest BCUT2D eigenvalue weighted by atomic mass is 79.9. The molecule has 0 fully saturated rings. The number of amides is 1. The van der Waals surface area contributed by atoms with Gasteiger partial charge in [-0.2, -0.15) is 0 Å². The average molecular weight is 346 g/mol. The first-order valence-corrected chi connectivity index (χ1v) is 7.82. The Morgan fingerprint density at radius 3 is 2.95 bits per heavy atom. The van der Waals surface area contributed by atoms with Gasteiger partial charge in [0.25, 0.3) is 5.91 Å². The summed E-state index contributed by atoms with van der Waals surface area (Å²) < 4.78 is 6.48.